The van der Waals surface area contributed by atoms with E-state index in [0.717, 1.165) is 12.1 Å². The highest BCUT2D eigenvalue weighted by Crippen LogP contribution is 2.13. The zero-order valence-corrected chi connectivity index (χ0v) is 12.1. The molecule has 4 nitrogen and oxygen atoms in total. The zero-order chi connectivity index (χ0) is 15.2. The standard InChI is InChI=1S/C17H17N3O/c1-3-13-6-8-15(9-7-13)19-17(21)14(12-18)11-16-5-4-10-20(16)2/h4-11H,3H2,1-2H3,(H,19,21)/b14-11+. The summed E-state index contributed by atoms with van der Waals surface area (Å²) < 4.78 is 1.85. The van der Waals surface area contributed by atoms with Crippen LogP contribution in [0.5, 0.6) is 0 Å². The van der Waals surface area contributed by atoms with Gasteiger partial charge >= 0.3 is 0 Å². The lowest BCUT2D eigenvalue weighted by molar-refractivity contribution is -0.112. The largest absolute Gasteiger partial charge is 0.351 e. The van der Waals surface area contributed by atoms with Crippen LogP contribution in [-0.2, 0) is 18.3 Å². The van der Waals surface area contributed by atoms with E-state index >= 15 is 0 Å². The lowest BCUT2D eigenvalue weighted by atomic mass is 10.1. The fraction of sp³-hybridized carbons (Fsp3) is 0.176. The maximum absolute atomic E-state index is 12.1. The molecule has 1 N–H and O–H groups in total. The molecule has 0 unspecified atom stereocenters. The predicted octanol–water partition coefficient (Wildman–Crippen LogP) is 3.13. The van der Waals surface area contributed by atoms with Crippen LogP contribution in [0.1, 0.15) is 18.2 Å². The van der Waals surface area contributed by atoms with Gasteiger partial charge in [0.25, 0.3) is 5.91 Å². The molecule has 21 heavy (non-hydrogen) atoms. The first-order valence-electron chi connectivity index (χ1n) is 6.77. The Morgan fingerprint density at radius 3 is 2.57 bits per heavy atom. The quantitative estimate of drug-likeness (QED) is 0.690. The van der Waals surface area contributed by atoms with Crippen LogP contribution in [0.2, 0.25) is 0 Å². The minimum Gasteiger partial charge on any atom is -0.351 e. The Hall–Kier alpha value is -2.80. The third kappa shape index (κ3) is 3.61. The van der Waals surface area contributed by atoms with Crippen molar-refractivity contribution in [2.75, 3.05) is 5.32 Å². The maximum atomic E-state index is 12.1. The van der Waals surface area contributed by atoms with Crippen LogP contribution in [0, 0.1) is 11.3 Å². The number of aromatic nitrogens is 1. The highest BCUT2D eigenvalue weighted by molar-refractivity contribution is 6.09. The van der Waals surface area contributed by atoms with E-state index in [2.05, 4.69) is 12.2 Å². The fourth-order valence-electron chi connectivity index (χ4n) is 1.94. The van der Waals surface area contributed by atoms with E-state index in [0.29, 0.717) is 5.69 Å². The second-order valence-electron chi connectivity index (χ2n) is 4.72. The Bertz CT molecular complexity index is 702. The number of carbonyl (C=O) groups excluding carboxylic acids is 1. The van der Waals surface area contributed by atoms with Crippen LogP contribution in [0.25, 0.3) is 6.08 Å². The van der Waals surface area contributed by atoms with Gasteiger partial charge in [-0.25, -0.2) is 0 Å². The number of benzene rings is 1. The SMILES string of the molecule is CCc1ccc(NC(=O)/C(C#N)=C/c2cccn2C)cc1. The molecule has 2 aromatic rings. The predicted molar refractivity (Wildman–Crippen MR) is 83.5 cm³/mol. The van der Waals surface area contributed by atoms with Crippen LogP contribution in [0.15, 0.2) is 48.2 Å². The van der Waals surface area contributed by atoms with Crippen LogP contribution >= 0.6 is 0 Å². The Labute approximate surface area is 124 Å². The van der Waals surface area contributed by atoms with E-state index in [4.69, 9.17) is 5.26 Å². The molecule has 0 fully saturated rings. The van der Waals surface area contributed by atoms with Crippen molar-refractivity contribution >= 4 is 17.7 Å². The third-order valence-electron chi connectivity index (χ3n) is 3.26. The average molecular weight is 279 g/mol. The average Bonchev–Trinajstić information content (AvgIpc) is 2.90. The van der Waals surface area contributed by atoms with Gasteiger partial charge in [0.2, 0.25) is 0 Å². The van der Waals surface area contributed by atoms with Gasteiger partial charge in [0.15, 0.2) is 0 Å². The van der Waals surface area contributed by atoms with Crippen LogP contribution in [-0.4, -0.2) is 10.5 Å². The van der Waals surface area contributed by atoms with Crippen molar-refractivity contribution in [2.24, 2.45) is 7.05 Å². The molecule has 0 aliphatic rings. The van der Waals surface area contributed by atoms with Gasteiger partial charge in [0.1, 0.15) is 11.6 Å². The molecule has 1 aromatic heterocycles. The first-order chi connectivity index (χ1) is 10.1. The molecule has 0 radical (unpaired) electrons. The lowest BCUT2D eigenvalue weighted by Gasteiger charge is -2.05. The molecular weight excluding hydrogens is 262 g/mol. The van der Waals surface area contributed by atoms with E-state index in [1.54, 1.807) is 6.08 Å². The topological polar surface area (TPSA) is 57.8 Å². The van der Waals surface area contributed by atoms with Crippen molar-refractivity contribution in [3.05, 3.63) is 59.4 Å². The number of hydrogen-bond acceptors (Lipinski definition) is 2. The molecule has 0 atom stereocenters. The number of nitriles is 1. The van der Waals surface area contributed by atoms with Gasteiger partial charge in [0, 0.05) is 24.6 Å². The molecule has 0 saturated heterocycles. The van der Waals surface area contributed by atoms with Gasteiger partial charge in [-0.15, -0.1) is 0 Å². The summed E-state index contributed by atoms with van der Waals surface area (Å²) in [7, 11) is 1.86. The second-order valence-corrected chi connectivity index (χ2v) is 4.72. The molecular formula is C17H17N3O. The van der Waals surface area contributed by atoms with E-state index in [1.165, 1.54) is 5.56 Å². The molecule has 0 spiro atoms. The summed E-state index contributed by atoms with van der Waals surface area (Å²) in [5, 5.41) is 11.9. The van der Waals surface area contributed by atoms with Crippen molar-refractivity contribution in [3.63, 3.8) is 0 Å². The molecule has 106 valence electrons. The number of amides is 1. The van der Waals surface area contributed by atoms with Crippen molar-refractivity contribution in [1.82, 2.24) is 4.57 Å². The Morgan fingerprint density at radius 1 is 1.33 bits per heavy atom. The minimum absolute atomic E-state index is 0.0800. The summed E-state index contributed by atoms with van der Waals surface area (Å²) in [6, 6.07) is 13.3. The summed E-state index contributed by atoms with van der Waals surface area (Å²) in [4.78, 5) is 12.1. The highest BCUT2D eigenvalue weighted by atomic mass is 16.1. The first-order valence-corrected chi connectivity index (χ1v) is 6.77. The van der Waals surface area contributed by atoms with Gasteiger partial charge in [-0.2, -0.15) is 5.26 Å². The van der Waals surface area contributed by atoms with Gasteiger partial charge in [-0.1, -0.05) is 19.1 Å². The van der Waals surface area contributed by atoms with E-state index in [9.17, 15) is 4.79 Å². The molecule has 0 bridgehead atoms. The highest BCUT2D eigenvalue weighted by Gasteiger charge is 2.10. The monoisotopic (exact) mass is 279 g/mol. The molecule has 0 saturated carbocycles. The molecule has 2 rings (SSSR count). The van der Waals surface area contributed by atoms with Crippen molar-refractivity contribution in [1.29, 1.82) is 5.26 Å². The third-order valence-corrected chi connectivity index (χ3v) is 3.26. The number of nitrogens with zero attached hydrogens (tertiary/aromatic N) is 2. The number of anilines is 1. The van der Waals surface area contributed by atoms with Crippen LogP contribution in [0.3, 0.4) is 0 Å². The second kappa shape index (κ2) is 6.58. The normalized spacial score (nSPS) is 11.0. The Kier molecular flexibility index (Phi) is 4.57. The summed E-state index contributed by atoms with van der Waals surface area (Å²) in [6.07, 6.45) is 4.39. The maximum Gasteiger partial charge on any atom is 0.266 e. The van der Waals surface area contributed by atoms with Gasteiger partial charge < -0.3 is 9.88 Å². The molecule has 1 amide bonds. The zero-order valence-electron chi connectivity index (χ0n) is 12.1. The van der Waals surface area contributed by atoms with Crippen LogP contribution < -0.4 is 5.32 Å². The number of hydrogen-bond donors (Lipinski definition) is 1. The van der Waals surface area contributed by atoms with E-state index < -0.39 is 5.91 Å². The van der Waals surface area contributed by atoms with E-state index in [1.807, 2.05) is 60.3 Å². The van der Waals surface area contributed by atoms with Crippen molar-refractivity contribution in [2.45, 2.75) is 13.3 Å². The Morgan fingerprint density at radius 2 is 2.05 bits per heavy atom. The Balaban J connectivity index is 2.15. The molecule has 1 heterocycles. The molecule has 0 aliphatic heterocycles. The summed E-state index contributed by atoms with van der Waals surface area (Å²) in [6.45, 7) is 2.07. The van der Waals surface area contributed by atoms with Crippen molar-refractivity contribution < 1.29 is 4.79 Å². The molecule has 4 heteroatoms. The number of rotatable bonds is 4. The van der Waals surface area contributed by atoms with Crippen molar-refractivity contribution in [3.8, 4) is 6.07 Å². The number of nitrogens with one attached hydrogen (secondary N) is 1. The lowest BCUT2D eigenvalue weighted by Crippen LogP contribution is -2.13. The van der Waals surface area contributed by atoms with Gasteiger partial charge in [-0.3, -0.25) is 4.79 Å². The fourth-order valence-corrected chi connectivity index (χ4v) is 1.94. The number of carbonyl (C=O) groups is 1. The van der Waals surface area contributed by atoms with E-state index in [-0.39, 0.29) is 5.57 Å². The minimum atomic E-state index is -0.400. The molecule has 1 aromatic carbocycles. The van der Waals surface area contributed by atoms with Gasteiger partial charge in [0.05, 0.1) is 0 Å². The van der Waals surface area contributed by atoms with Crippen LogP contribution in [0.4, 0.5) is 5.69 Å². The number of aryl methyl sites for hydroxylation is 2. The first kappa shape index (κ1) is 14.6. The summed E-state index contributed by atoms with van der Waals surface area (Å²) in [5.74, 6) is -0.400. The molecule has 0 aliphatic carbocycles. The smallest absolute Gasteiger partial charge is 0.266 e. The summed E-state index contributed by atoms with van der Waals surface area (Å²) in [5.41, 5.74) is 2.78. The summed E-state index contributed by atoms with van der Waals surface area (Å²) >= 11 is 0. The van der Waals surface area contributed by atoms with Gasteiger partial charge in [-0.05, 0) is 42.3 Å².